The highest BCUT2D eigenvalue weighted by Gasteiger charge is 2.30. The second-order valence-corrected chi connectivity index (χ2v) is 11.3. The lowest BCUT2D eigenvalue weighted by atomic mass is 10.1. The van der Waals surface area contributed by atoms with Gasteiger partial charge in [0, 0.05) is 36.6 Å². The van der Waals surface area contributed by atoms with Crippen molar-refractivity contribution in [3.63, 3.8) is 0 Å². The highest BCUT2D eigenvalue weighted by molar-refractivity contribution is 7.99. The third kappa shape index (κ3) is 5.15. The minimum atomic E-state index is -1.02. The molecule has 1 aliphatic heterocycles. The van der Waals surface area contributed by atoms with Crippen LogP contribution in [0.25, 0.3) is 15.9 Å². The second kappa shape index (κ2) is 9.76. The van der Waals surface area contributed by atoms with Crippen molar-refractivity contribution in [2.24, 2.45) is 0 Å². The number of hydrogen-bond donors (Lipinski definition) is 1. The molecule has 0 atom stereocenters. The van der Waals surface area contributed by atoms with Crippen LogP contribution in [0.2, 0.25) is 0 Å². The highest BCUT2D eigenvalue weighted by Crippen LogP contribution is 2.36. The number of rotatable bonds is 4. The van der Waals surface area contributed by atoms with Gasteiger partial charge in [0.25, 0.3) is 0 Å². The lowest BCUT2D eigenvalue weighted by molar-refractivity contribution is 0.195. The standard InChI is InChI=1S/C22H26N8O2S2.ClH/c1-22(2,3)29(21(31)32)19-23-15-6-5-14(13-16(15)34-19)33-20-25-24-17-7-8-18(26-30(17)20)28-11-9-27(4)10-12-28;/h5-8,13H,9-12H2,1-4H3,(H,31,32);1H. The summed E-state index contributed by atoms with van der Waals surface area (Å²) in [5.41, 5.74) is 0.871. The number of fused-ring (bicyclic) bond motifs is 2. The fraction of sp³-hybridized carbons (Fsp3) is 0.409. The molecule has 35 heavy (non-hydrogen) atoms. The number of piperazine rings is 1. The third-order valence-electron chi connectivity index (χ3n) is 5.66. The van der Waals surface area contributed by atoms with Crippen molar-refractivity contribution in [1.82, 2.24) is 29.7 Å². The predicted octanol–water partition coefficient (Wildman–Crippen LogP) is 4.34. The molecule has 0 saturated carbocycles. The Morgan fingerprint density at radius 2 is 1.86 bits per heavy atom. The Hall–Kier alpha value is -2.67. The van der Waals surface area contributed by atoms with Crippen LogP contribution in [0, 0.1) is 0 Å². The SMILES string of the molecule is CN1CCN(c2ccc3nnc(Sc4ccc5nc(N(C(=O)O)C(C)(C)C)sc5c4)n3n2)CC1.Cl. The Labute approximate surface area is 217 Å². The quantitative estimate of drug-likeness (QED) is 0.409. The van der Waals surface area contributed by atoms with Crippen molar-refractivity contribution in [1.29, 1.82) is 0 Å². The lowest BCUT2D eigenvalue weighted by Crippen LogP contribution is -2.45. The normalized spacial score (nSPS) is 14.9. The average molecular weight is 535 g/mol. The van der Waals surface area contributed by atoms with Gasteiger partial charge >= 0.3 is 6.09 Å². The summed E-state index contributed by atoms with van der Waals surface area (Å²) < 4.78 is 2.70. The predicted molar refractivity (Wildman–Crippen MR) is 142 cm³/mol. The van der Waals surface area contributed by atoms with Gasteiger partial charge in [0.2, 0.25) is 5.16 Å². The Kier molecular flexibility index (Phi) is 7.09. The molecule has 0 radical (unpaired) electrons. The van der Waals surface area contributed by atoms with E-state index in [1.165, 1.54) is 28.0 Å². The third-order valence-corrected chi connectivity index (χ3v) is 7.59. The van der Waals surface area contributed by atoms with Crippen molar-refractivity contribution >= 4 is 68.4 Å². The van der Waals surface area contributed by atoms with Gasteiger partial charge < -0.3 is 14.9 Å². The van der Waals surface area contributed by atoms with Crippen LogP contribution in [0.4, 0.5) is 15.7 Å². The van der Waals surface area contributed by atoms with Gasteiger partial charge in [-0.05, 0) is 69.9 Å². The Morgan fingerprint density at radius 1 is 1.11 bits per heavy atom. The average Bonchev–Trinajstić information content (AvgIpc) is 3.36. The summed E-state index contributed by atoms with van der Waals surface area (Å²) in [7, 11) is 2.13. The number of nitrogens with zero attached hydrogens (tertiary/aromatic N) is 8. The zero-order valence-electron chi connectivity index (χ0n) is 19.9. The van der Waals surface area contributed by atoms with Gasteiger partial charge in [0.05, 0.1) is 10.2 Å². The number of hydrogen-bond acceptors (Lipinski definition) is 9. The number of amides is 1. The first-order chi connectivity index (χ1) is 16.2. The first-order valence-corrected chi connectivity index (χ1v) is 12.6. The summed E-state index contributed by atoms with van der Waals surface area (Å²) in [5.74, 6) is 0.917. The zero-order valence-corrected chi connectivity index (χ0v) is 22.3. The monoisotopic (exact) mass is 534 g/mol. The first kappa shape index (κ1) is 25.4. The molecule has 1 aliphatic rings. The molecule has 186 valence electrons. The maximum atomic E-state index is 11.8. The number of thiazole rings is 1. The molecule has 13 heteroatoms. The van der Waals surface area contributed by atoms with E-state index in [4.69, 9.17) is 5.10 Å². The fourth-order valence-electron chi connectivity index (χ4n) is 3.84. The summed E-state index contributed by atoms with van der Waals surface area (Å²) in [6.07, 6.45) is -1.02. The van der Waals surface area contributed by atoms with Crippen molar-refractivity contribution in [3.8, 4) is 0 Å². The summed E-state index contributed by atoms with van der Waals surface area (Å²) in [4.78, 5) is 23.3. The van der Waals surface area contributed by atoms with Crippen LogP contribution < -0.4 is 9.80 Å². The topological polar surface area (TPSA) is 103 Å². The van der Waals surface area contributed by atoms with Crippen LogP contribution in [-0.4, -0.2) is 79.7 Å². The Morgan fingerprint density at radius 3 is 2.54 bits per heavy atom. The van der Waals surface area contributed by atoms with Crippen LogP contribution in [-0.2, 0) is 0 Å². The minimum absolute atomic E-state index is 0. The summed E-state index contributed by atoms with van der Waals surface area (Å²) in [6.45, 7) is 9.46. The van der Waals surface area contributed by atoms with E-state index >= 15 is 0 Å². The highest BCUT2D eigenvalue weighted by atomic mass is 35.5. The molecular formula is C22H27ClN8O2S2. The Bertz CT molecular complexity index is 1360. The van der Waals surface area contributed by atoms with Gasteiger partial charge in [-0.15, -0.1) is 27.7 Å². The molecule has 4 aromatic rings. The van der Waals surface area contributed by atoms with Crippen LogP contribution in [0.5, 0.6) is 0 Å². The summed E-state index contributed by atoms with van der Waals surface area (Å²) >= 11 is 2.84. The van der Waals surface area contributed by atoms with Crippen LogP contribution in [0.1, 0.15) is 20.8 Å². The molecule has 4 heterocycles. The van der Waals surface area contributed by atoms with Crippen LogP contribution in [0.15, 0.2) is 40.4 Å². The maximum absolute atomic E-state index is 11.8. The van der Waals surface area contributed by atoms with Crippen molar-refractivity contribution in [2.45, 2.75) is 36.4 Å². The van der Waals surface area contributed by atoms with E-state index in [2.05, 4.69) is 32.0 Å². The molecule has 5 rings (SSSR count). The molecule has 0 spiro atoms. The number of carbonyl (C=O) groups is 1. The molecule has 0 bridgehead atoms. The number of aromatic nitrogens is 5. The van der Waals surface area contributed by atoms with E-state index in [0.717, 1.165) is 47.1 Å². The zero-order chi connectivity index (χ0) is 24.0. The minimum Gasteiger partial charge on any atom is -0.465 e. The second-order valence-electron chi connectivity index (χ2n) is 9.25. The number of carboxylic acid groups (broad SMARTS) is 1. The number of halogens is 1. The van der Waals surface area contributed by atoms with Crippen LogP contribution >= 0.6 is 35.5 Å². The smallest absolute Gasteiger partial charge is 0.414 e. The molecule has 1 N–H and O–H groups in total. The van der Waals surface area contributed by atoms with E-state index in [0.29, 0.717) is 15.9 Å². The molecule has 1 fully saturated rings. The number of benzene rings is 1. The van der Waals surface area contributed by atoms with E-state index in [1.807, 2.05) is 51.1 Å². The molecule has 10 nitrogen and oxygen atoms in total. The van der Waals surface area contributed by atoms with Gasteiger partial charge in [-0.25, -0.2) is 14.7 Å². The number of likely N-dealkylation sites (N-methyl/N-ethyl adjacent to an activating group) is 1. The lowest BCUT2D eigenvalue weighted by Gasteiger charge is -2.33. The van der Waals surface area contributed by atoms with Gasteiger partial charge in [0.1, 0.15) is 5.82 Å². The van der Waals surface area contributed by atoms with Crippen molar-refractivity contribution in [2.75, 3.05) is 43.0 Å². The van der Waals surface area contributed by atoms with E-state index in [1.54, 1.807) is 4.52 Å². The molecule has 1 amide bonds. The van der Waals surface area contributed by atoms with E-state index in [9.17, 15) is 9.90 Å². The molecule has 3 aromatic heterocycles. The van der Waals surface area contributed by atoms with Gasteiger partial charge in [-0.3, -0.25) is 0 Å². The summed E-state index contributed by atoms with van der Waals surface area (Å²) in [5, 5.41) is 24.3. The largest absolute Gasteiger partial charge is 0.465 e. The van der Waals surface area contributed by atoms with Gasteiger partial charge in [0.15, 0.2) is 10.8 Å². The number of anilines is 2. The van der Waals surface area contributed by atoms with Crippen molar-refractivity contribution < 1.29 is 9.90 Å². The van der Waals surface area contributed by atoms with Gasteiger partial charge in [-0.1, -0.05) is 11.3 Å². The van der Waals surface area contributed by atoms with E-state index < -0.39 is 11.6 Å². The van der Waals surface area contributed by atoms with Crippen molar-refractivity contribution in [3.05, 3.63) is 30.3 Å². The van der Waals surface area contributed by atoms with Gasteiger partial charge in [-0.2, -0.15) is 4.52 Å². The summed E-state index contributed by atoms with van der Waals surface area (Å²) in [6, 6.07) is 9.83. The van der Waals surface area contributed by atoms with E-state index in [-0.39, 0.29) is 12.4 Å². The molecule has 0 unspecified atom stereocenters. The maximum Gasteiger partial charge on any atom is 0.414 e. The Balaban J connectivity index is 0.00000289. The fourth-order valence-corrected chi connectivity index (χ4v) is 5.93. The molecule has 1 aromatic carbocycles. The first-order valence-electron chi connectivity index (χ1n) is 11.0. The van der Waals surface area contributed by atoms with Crippen LogP contribution in [0.3, 0.4) is 0 Å². The molecular weight excluding hydrogens is 508 g/mol. The molecule has 0 aliphatic carbocycles. The molecule has 1 saturated heterocycles.